The van der Waals surface area contributed by atoms with Crippen LogP contribution in [0.4, 0.5) is 11.4 Å². The summed E-state index contributed by atoms with van der Waals surface area (Å²) in [7, 11) is 2.04. The second-order valence-electron chi connectivity index (χ2n) is 4.92. The first-order chi connectivity index (χ1) is 7.63. The van der Waals surface area contributed by atoms with E-state index in [1.807, 2.05) is 19.2 Å². The van der Waals surface area contributed by atoms with Gasteiger partial charge < -0.3 is 10.2 Å². The topological polar surface area (TPSA) is 32.3 Å². The summed E-state index contributed by atoms with van der Waals surface area (Å²) in [4.78, 5) is 14.3. The Morgan fingerprint density at radius 3 is 2.75 bits per heavy atom. The lowest BCUT2D eigenvalue weighted by Gasteiger charge is -2.51. The summed E-state index contributed by atoms with van der Waals surface area (Å²) in [6.07, 6.45) is 3.10. The molecule has 1 heterocycles. The van der Waals surface area contributed by atoms with Crippen molar-refractivity contribution < 1.29 is 4.79 Å². The monoisotopic (exact) mass is 216 g/mol. The van der Waals surface area contributed by atoms with Crippen molar-refractivity contribution in [3.05, 3.63) is 23.8 Å². The molecule has 84 valence electrons. The van der Waals surface area contributed by atoms with Gasteiger partial charge in [-0.25, -0.2) is 0 Å². The van der Waals surface area contributed by atoms with E-state index in [-0.39, 0.29) is 11.4 Å². The van der Waals surface area contributed by atoms with Crippen LogP contribution in [-0.2, 0) is 4.79 Å². The Kier molecular flexibility index (Phi) is 1.82. The molecule has 1 fully saturated rings. The maximum atomic E-state index is 12.1. The number of carbonyl (C=O) groups is 1. The molecule has 0 unspecified atom stereocenters. The summed E-state index contributed by atoms with van der Waals surface area (Å²) < 4.78 is 0. The van der Waals surface area contributed by atoms with Crippen LogP contribution in [0.5, 0.6) is 0 Å². The molecule has 1 spiro atoms. The van der Waals surface area contributed by atoms with E-state index in [1.165, 1.54) is 5.56 Å². The Morgan fingerprint density at radius 1 is 1.38 bits per heavy atom. The van der Waals surface area contributed by atoms with Crippen LogP contribution < -0.4 is 10.2 Å². The number of aryl methyl sites for hydroxylation is 1. The van der Waals surface area contributed by atoms with Crippen LogP contribution in [0.3, 0.4) is 0 Å². The SMILES string of the molecule is Cc1ccc2c(c1)N(C)C1(CCC1)C(=O)N2. The van der Waals surface area contributed by atoms with Crippen molar-refractivity contribution in [3.8, 4) is 0 Å². The first-order valence-corrected chi connectivity index (χ1v) is 5.79. The van der Waals surface area contributed by atoms with Crippen molar-refractivity contribution in [2.24, 2.45) is 0 Å². The number of hydrogen-bond acceptors (Lipinski definition) is 2. The van der Waals surface area contributed by atoms with E-state index in [0.717, 1.165) is 30.6 Å². The van der Waals surface area contributed by atoms with Crippen molar-refractivity contribution in [2.45, 2.75) is 31.7 Å². The third-order valence-corrected chi connectivity index (χ3v) is 4.01. The van der Waals surface area contributed by atoms with E-state index in [4.69, 9.17) is 0 Å². The molecule has 2 aliphatic rings. The second kappa shape index (κ2) is 3.00. The highest BCUT2D eigenvalue weighted by atomic mass is 16.2. The Hall–Kier alpha value is -1.51. The van der Waals surface area contributed by atoms with Crippen molar-refractivity contribution in [1.82, 2.24) is 0 Å². The maximum absolute atomic E-state index is 12.1. The third-order valence-electron chi connectivity index (χ3n) is 4.01. The normalized spacial score (nSPS) is 21.4. The van der Waals surface area contributed by atoms with Crippen LogP contribution in [0.15, 0.2) is 18.2 Å². The highest BCUT2D eigenvalue weighted by molar-refractivity contribution is 6.07. The summed E-state index contributed by atoms with van der Waals surface area (Å²) in [6.45, 7) is 2.08. The van der Waals surface area contributed by atoms with Crippen LogP contribution in [0, 0.1) is 6.92 Å². The first-order valence-electron chi connectivity index (χ1n) is 5.79. The summed E-state index contributed by atoms with van der Waals surface area (Å²) >= 11 is 0. The van der Waals surface area contributed by atoms with Gasteiger partial charge in [-0.05, 0) is 43.9 Å². The number of benzene rings is 1. The zero-order valence-corrected chi connectivity index (χ0v) is 9.71. The molecule has 0 atom stereocenters. The van der Waals surface area contributed by atoms with Gasteiger partial charge in [0, 0.05) is 7.05 Å². The van der Waals surface area contributed by atoms with Crippen molar-refractivity contribution in [1.29, 1.82) is 0 Å². The van der Waals surface area contributed by atoms with E-state index in [2.05, 4.69) is 23.2 Å². The molecule has 1 aliphatic heterocycles. The summed E-state index contributed by atoms with van der Waals surface area (Å²) in [5.41, 5.74) is 3.06. The van der Waals surface area contributed by atoms with E-state index in [1.54, 1.807) is 0 Å². The van der Waals surface area contributed by atoms with Gasteiger partial charge in [0.15, 0.2) is 0 Å². The quantitative estimate of drug-likeness (QED) is 0.721. The van der Waals surface area contributed by atoms with Gasteiger partial charge in [-0.15, -0.1) is 0 Å². The number of fused-ring (bicyclic) bond motifs is 1. The first kappa shape index (κ1) is 9.70. The predicted molar refractivity (Wildman–Crippen MR) is 64.8 cm³/mol. The molecule has 1 aliphatic carbocycles. The molecule has 3 heteroatoms. The molecule has 1 saturated carbocycles. The van der Waals surface area contributed by atoms with E-state index in [0.29, 0.717) is 0 Å². The molecular formula is C13H16N2O. The fourth-order valence-electron chi connectivity index (χ4n) is 2.72. The smallest absolute Gasteiger partial charge is 0.250 e. The average molecular weight is 216 g/mol. The number of likely N-dealkylation sites (N-methyl/N-ethyl adjacent to an activating group) is 1. The van der Waals surface area contributed by atoms with Gasteiger partial charge in [0.2, 0.25) is 5.91 Å². The molecule has 1 aromatic rings. The van der Waals surface area contributed by atoms with Crippen molar-refractivity contribution >= 4 is 17.3 Å². The summed E-state index contributed by atoms with van der Waals surface area (Å²) in [5.74, 6) is 0.164. The Balaban J connectivity index is 2.11. The maximum Gasteiger partial charge on any atom is 0.250 e. The molecular weight excluding hydrogens is 200 g/mol. The van der Waals surface area contributed by atoms with E-state index >= 15 is 0 Å². The molecule has 0 bridgehead atoms. The van der Waals surface area contributed by atoms with Crippen LogP contribution in [-0.4, -0.2) is 18.5 Å². The molecule has 0 aromatic heterocycles. The summed E-state index contributed by atoms with van der Waals surface area (Å²) in [6, 6.07) is 6.17. The lowest BCUT2D eigenvalue weighted by atomic mass is 9.73. The number of amides is 1. The minimum Gasteiger partial charge on any atom is -0.358 e. The number of nitrogens with one attached hydrogen (secondary N) is 1. The highest BCUT2D eigenvalue weighted by Gasteiger charge is 2.50. The standard InChI is InChI=1S/C13H16N2O/c1-9-4-5-10-11(8-9)15(2)13(6-3-7-13)12(16)14-10/h4-5,8H,3,6-7H2,1-2H3,(H,14,16). The van der Waals surface area contributed by atoms with Crippen molar-refractivity contribution in [3.63, 3.8) is 0 Å². The Morgan fingerprint density at radius 2 is 2.12 bits per heavy atom. The molecule has 3 rings (SSSR count). The minimum absolute atomic E-state index is 0.164. The Bertz CT molecular complexity index is 463. The molecule has 1 aromatic carbocycles. The van der Waals surface area contributed by atoms with E-state index in [9.17, 15) is 4.79 Å². The van der Waals surface area contributed by atoms with E-state index < -0.39 is 0 Å². The molecule has 0 saturated heterocycles. The van der Waals surface area contributed by atoms with Gasteiger partial charge >= 0.3 is 0 Å². The summed E-state index contributed by atoms with van der Waals surface area (Å²) in [5, 5.41) is 3.03. The third kappa shape index (κ3) is 1.06. The lowest BCUT2D eigenvalue weighted by molar-refractivity contribution is -0.124. The van der Waals surface area contributed by atoms with Crippen LogP contribution in [0.1, 0.15) is 24.8 Å². The largest absolute Gasteiger partial charge is 0.358 e. The average Bonchev–Trinajstić information content (AvgIpc) is 2.17. The molecule has 16 heavy (non-hydrogen) atoms. The van der Waals surface area contributed by atoms with Gasteiger partial charge in [-0.1, -0.05) is 6.07 Å². The zero-order valence-electron chi connectivity index (χ0n) is 9.71. The molecule has 1 N–H and O–H groups in total. The second-order valence-corrected chi connectivity index (χ2v) is 4.92. The predicted octanol–water partition coefficient (Wildman–Crippen LogP) is 2.31. The molecule has 0 radical (unpaired) electrons. The molecule has 1 amide bonds. The molecule has 3 nitrogen and oxygen atoms in total. The fourth-order valence-corrected chi connectivity index (χ4v) is 2.72. The number of nitrogens with zero attached hydrogens (tertiary/aromatic N) is 1. The van der Waals surface area contributed by atoms with Crippen molar-refractivity contribution in [2.75, 3.05) is 17.3 Å². The number of rotatable bonds is 0. The number of hydrogen-bond donors (Lipinski definition) is 1. The highest BCUT2D eigenvalue weighted by Crippen LogP contribution is 2.45. The van der Waals surface area contributed by atoms with Gasteiger partial charge in [-0.3, -0.25) is 4.79 Å². The van der Waals surface area contributed by atoms with Crippen LogP contribution in [0.25, 0.3) is 0 Å². The van der Waals surface area contributed by atoms with Gasteiger partial charge in [-0.2, -0.15) is 0 Å². The number of anilines is 2. The number of carbonyl (C=O) groups excluding carboxylic acids is 1. The Labute approximate surface area is 95.4 Å². The zero-order chi connectivity index (χ0) is 11.3. The fraction of sp³-hybridized carbons (Fsp3) is 0.462. The minimum atomic E-state index is -0.263. The van der Waals surface area contributed by atoms with Gasteiger partial charge in [0.1, 0.15) is 5.54 Å². The van der Waals surface area contributed by atoms with Crippen LogP contribution >= 0.6 is 0 Å². The van der Waals surface area contributed by atoms with Gasteiger partial charge in [0.25, 0.3) is 0 Å². The van der Waals surface area contributed by atoms with Crippen LogP contribution in [0.2, 0.25) is 0 Å². The lowest BCUT2D eigenvalue weighted by Crippen LogP contribution is -2.62. The van der Waals surface area contributed by atoms with Gasteiger partial charge in [0.05, 0.1) is 11.4 Å².